The van der Waals surface area contributed by atoms with Gasteiger partial charge < -0.3 is 19.9 Å². The topological polar surface area (TPSA) is 50.7 Å². The van der Waals surface area contributed by atoms with Gasteiger partial charge in [0.1, 0.15) is 12.2 Å². The van der Waals surface area contributed by atoms with E-state index in [2.05, 4.69) is 10.1 Å². The van der Waals surface area contributed by atoms with Gasteiger partial charge in [0.15, 0.2) is 0 Å². The van der Waals surface area contributed by atoms with Crippen LogP contribution < -0.4 is 5.32 Å². The quantitative estimate of drug-likeness (QED) is 0.688. The minimum atomic E-state index is -4.29. The molecule has 2 atom stereocenters. The van der Waals surface area contributed by atoms with Crippen molar-refractivity contribution in [3.63, 3.8) is 0 Å². The molecule has 17 heavy (non-hydrogen) atoms. The van der Waals surface area contributed by atoms with Crippen molar-refractivity contribution in [3.05, 3.63) is 0 Å². The summed E-state index contributed by atoms with van der Waals surface area (Å²) in [7, 11) is 0. The molecular formula is C10H18F3NO3. The Balaban J connectivity index is 2.04. The third-order valence-electron chi connectivity index (χ3n) is 2.78. The van der Waals surface area contributed by atoms with Crippen LogP contribution in [0.2, 0.25) is 0 Å². The lowest BCUT2D eigenvalue weighted by Crippen LogP contribution is -2.46. The molecule has 1 saturated heterocycles. The Bertz CT molecular complexity index is 237. The largest absolute Gasteiger partial charge is 0.411 e. The molecule has 0 bridgehead atoms. The van der Waals surface area contributed by atoms with Crippen LogP contribution >= 0.6 is 0 Å². The Labute approximate surface area is 98.1 Å². The van der Waals surface area contributed by atoms with Crippen molar-refractivity contribution in [2.75, 3.05) is 32.9 Å². The van der Waals surface area contributed by atoms with Crippen molar-refractivity contribution < 1.29 is 27.8 Å². The Morgan fingerprint density at radius 2 is 2.24 bits per heavy atom. The first-order valence-corrected chi connectivity index (χ1v) is 5.53. The molecule has 0 aromatic carbocycles. The SMILES string of the molecule is CC1OCCC1(O)CNCCOCC(F)(F)F. The first-order valence-electron chi connectivity index (χ1n) is 5.53. The van der Waals surface area contributed by atoms with Gasteiger partial charge in [-0.25, -0.2) is 0 Å². The number of hydrogen-bond donors (Lipinski definition) is 2. The molecule has 1 fully saturated rings. The van der Waals surface area contributed by atoms with Crippen LogP contribution in [0.25, 0.3) is 0 Å². The molecule has 1 aliphatic heterocycles. The highest BCUT2D eigenvalue weighted by Crippen LogP contribution is 2.24. The molecule has 2 N–H and O–H groups in total. The third kappa shape index (κ3) is 5.20. The second-order valence-corrected chi connectivity index (χ2v) is 4.21. The Kier molecular flexibility index (Phi) is 5.18. The highest BCUT2D eigenvalue weighted by atomic mass is 19.4. The summed E-state index contributed by atoms with van der Waals surface area (Å²) in [6, 6.07) is 0. The third-order valence-corrected chi connectivity index (χ3v) is 2.78. The van der Waals surface area contributed by atoms with E-state index in [1.54, 1.807) is 6.92 Å². The Hall–Kier alpha value is -0.370. The monoisotopic (exact) mass is 257 g/mol. The van der Waals surface area contributed by atoms with Crippen molar-refractivity contribution in [3.8, 4) is 0 Å². The van der Waals surface area contributed by atoms with Gasteiger partial charge in [0.05, 0.1) is 12.7 Å². The number of rotatable bonds is 6. The van der Waals surface area contributed by atoms with Gasteiger partial charge in [0.25, 0.3) is 0 Å². The van der Waals surface area contributed by atoms with Crippen molar-refractivity contribution in [1.29, 1.82) is 0 Å². The summed E-state index contributed by atoms with van der Waals surface area (Å²) < 4.78 is 44.8. The van der Waals surface area contributed by atoms with Crippen LogP contribution in [-0.2, 0) is 9.47 Å². The van der Waals surface area contributed by atoms with Gasteiger partial charge in [-0.2, -0.15) is 13.2 Å². The Morgan fingerprint density at radius 1 is 1.53 bits per heavy atom. The molecule has 1 aliphatic rings. The van der Waals surface area contributed by atoms with Crippen LogP contribution in [0.4, 0.5) is 13.2 Å². The summed E-state index contributed by atoms with van der Waals surface area (Å²) in [4.78, 5) is 0. The summed E-state index contributed by atoms with van der Waals surface area (Å²) in [5.41, 5.74) is -0.927. The first-order chi connectivity index (χ1) is 7.83. The molecule has 102 valence electrons. The van der Waals surface area contributed by atoms with Gasteiger partial charge in [-0.3, -0.25) is 0 Å². The van der Waals surface area contributed by atoms with Crippen molar-refractivity contribution in [2.45, 2.75) is 31.2 Å². The van der Waals surface area contributed by atoms with Gasteiger partial charge >= 0.3 is 6.18 Å². The van der Waals surface area contributed by atoms with Crippen molar-refractivity contribution >= 4 is 0 Å². The molecule has 0 aliphatic carbocycles. The van der Waals surface area contributed by atoms with Gasteiger partial charge in [0.2, 0.25) is 0 Å². The van der Waals surface area contributed by atoms with E-state index >= 15 is 0 Å². The lowest BCUT2D eigenvalue weighted by molar-refractivity contribution is -0.173. The molecule has 2 unspecified atom stereocenters. The fourth-order valence-electron chi connectivity index (χ4n) is 1.64. The minimum Gasteiger partial charge on any atom is -0.386 e. The number of halogens is 3. The van der Waals surface area contributed by atoms with Crippen LogP contribution in [0.1, 0.15) is 13.3 Å². The summed E-state index contributed by atoms with van der Waals surface area (Å²) in [5, 5.41) is 12.9. The zero-order valence-electron chi connectivity index (χ0n) is 9.72. The molecule has 0 spiro atoms. The number of ether oxygens (including phenoxy) is 2. The van der Waals surface area contributed by atoms with Gasteiger partial charge in [-0.1, -0.05) is 0 Å². The normalized spacial score (nSPS) is 29.8. The number of alkyl halides is 3. The molecule has 1 heterocycles. The predicted octanol–water partition coefficient (Wildman–Crippen LogP) is 0.695. The molecule has 0 aromatic rings. The van der Waals surface area contributed by atoms with Gasteiger partial charge in [-0.15, -0.1) is 0 Å². The van der Waals surface area contributed by atoms with Crippen LogP contribution in [0.5, 0.6) is 0 Å². The fraction of sp³-hybridized carbons (Fsp3) is 1.00. The molecule has 0 aromatic heterocycles. The molecular weight excluding hydrogens is 239 g/mol. The average molecular weight is 257 g/mol. The van der Waals surface area contributed by atoms with Crippen molar-refractivity contribution in [2.24, 2.45) is 0 Å². The van der Waals surface area contributed by atoms with E-state index in [0.717, 1.165) is 0 Å². The second kappa shape index (κ2) is 5.99. The summed E-state index contributed by atoms with van der Waals surface area (Å²) in [5.74, 6) is 0. The lowest BCUT2D eigenvalue weighted by Gasteiger charge is -2.26. The van der Waals surface area contributed by atoms with E-state index in [1.807, 2.05) is 0 Å². The van der Waals surface area contributed by atoms with Crippen LogP contribution in [0, 0.1) is 0 Å². The molecule has 0 amide bonds. The average Bonchev–Trinajstić information content (AvgIpc) is 2.52. The highest BCUT2D eigenvalue weighted by Gasteiger charge is 2.38. The van der Waals surface area contributed by atoms with Gasteiger partial charge in [0, 0.05) is 26.1 Å². The van der Waals surface area contributed by atoms with E-state index in [0.29, 0.717) is 19.6 Å². The number of aliphatic hydroxyl groups is 1. The molecule has 0 saturated carbocycles. The Morgan fingerprint density at radius 3 is 2.76 bits per heavy atom. The van der Waals surface area contributed by atoms with E-state index in [1.165, 1.54) is 0 Å². The number of nitrogens with one attached hydrogen (secondary N) is 1. The second-order valence-electron chi connectivity index (χ2n) is 4.21. The van der Waals surface area contributed by atoms with Crippen LogP contribution in [-0.4, -0.2) is 55.9 Å². The maximum atomic E-state index is 11.7. The standard InChI is InChI=1S/C10H18F3NO3/c1-8-9(15,2-4-17-8)6-14-3-5-16-7-10(11,12)13/h8,14-15H,2-7H2,1H3. The highest BCUT2D eigenvalue weighted by molar-refractivity contribution is 4.91. The summed E-state index contributed by atoms with van der Waals surface area (Å²) in [6.07, 6.45) is -4.01. The maximum Gasteiger partial charge on any atom is 0.411 e. The smallest absolute Gasteiger partial charge is 0.386 e. The van der Waals surface area contributed by atoms with Crippen LogP contribution in [0.3, 0.4) is 0 Å². The van der Waals surface area contributed by atoms with Gasteiger partial charge in [-0.05, 0) is 6.92 Å². The van der Waals surface area contributed by atoms with E-state index in [4.69, 9.17) is 4.74 Å². The fourth-order valence-corrected chi connectivity index (χ4v) is 1.64. The number of hydrogen-bond acceptors (Lipinski definition) is 4. The minimum absolute atomic E-state index is 0.0369. The summed E-state index contributed by atoms with van der Waals surface area (Å²) >= 11 is 0. The zero-order chi connectivity index (χ0) is 12.9. The van der Waals surface area contributed by atoms with E-state index in [-0.39, 0.29) is 19.3 Å². The summed E-state index contributed by atoms with van der Waals surface area (Å²) in [6.45, 7) is 1.57. The predicted molar refractivity (Wildman–Crippen MR) is 54.7 cm³/mol. The van der Waals surface area contributed by atoms with E-state index in [9.17, 15) is 18.3 Å². The lowest BCUT2D eigenvalue weighted by atomic mass is 9.97. The molecule has 0 radical (unpaired) electrons. The van der Waals surface area contributed by atoms with Crippen LogP contribution in [0.15, 0.2) is 0 Å². The van der Waals surface area contributed by atoms with E-state index < -0.39 is 18.4 Å². The first kappa shape index (κ1) is 14.7. The molecule has 1 rings (SSSR count). The zero-order valence-corrected chi connectivity index (χ0v) is 9.72. The molecule has 4 nitrogen and oxygen atoms in total. The van der Waals surface area contributed by atoms with Crippen molar-refractivity contribution in [1.82, 2.24) is 5.32 Å². The molecule has 7 heteroatoms. The maximum absolute atomic E-state index is 11.7.